The Morgan fingerprint density at radius 3 is 1.00 bits per heavy atom. The molecule has 1 radical (unpaired) electrons. The zero-order valence-electron chi connectivity index (χ0n) is 3.00. The maximum Gasteiger partial charge on any atom is 0 e. The van der Waals surface area contributed by atoms with Gasteiger partial charge in [-0.15, -0.1) is 0 Å². The third-order valence-electron chi connectivity index (χ3n) is 0. The van der Waals surface area contributed by atoms with Gasteiger partial charge < -0.3 is 14.7 Å². The summed E-state index contributed by atoms with van der Waals surface area (Å²) in [5, 5.41) is 0. The molecule has 0 unspecified atom stereocenters. The van der Waals surface area contributed by atoms with Crippen LogP contribution in [0.3, 0.4) is 0 Å². The van der Waals surface area contributed by atoms with Crippen molar-refractivity contribution in [2.75, 3.05) is 0 Å². The molecule has 0 spiro atoms. The van der Waals surface area contributed by atoms with E-state index in [1.165, 1.54) is 0 Å². The Morgan fingerprint density at radius 2 is 1.00 bits per heavy atom. The minimum absolute atomic E-state index is 0. The predicted molar refractivity (Wildman–Crippen MR) is 28.6 cm³/mol. The normalized spacial score (nSPS) is 6.56. The molecule has 0 saturated carbocycles. The van der Waals surface area contributed by atoms with Crippen molar-refractivity contribution >= 4 is 45.5 Å². The molecule has 0 rings (SSSR count). The van der Waals surface area contributed by atoms with Gasteiger partial charge in [-0.3, -0.25) is 0 Å². The third-order valence-corrected chi connectivity index (χ3v) is 0. The summed E-state index contributed by atoms with van der Waals surface area (Å²) in [4.78, 5) is 21.6. The van der Waals surface area contributed by atoms with Crippen molar-refractivity contribution in [1.29, 1.82) is 0 Å². The zero-order valence-corrected chi connectivity index (χ0v) is 6.39. The average molecular weight is 221 g/mol. The van der Waals surface area contributed by atoms with Gasteiger partial charge in [0.15, 0.2) is 0 Å². The van der Waals surface area contributed by atoms with Crippen molar-refractivity contribution in [2.24, 2.45) is 0 Å². The second-order valence-electron chi connectivity index (χ2n) is 0.513. The summed E-state index contributed by atoms with van der Waals surface area (Å²) in [5.74, 6) is 0. The first-order chi connectivity index (χ1) is 2.00. The molecule has 0 aromatic rings. The fourth-order valence-electron chi connectivity index (χ4n) is 0. The van der Waals surface area contributed by atoms with Gasteiger partial charge in [-0.05, 0) is 0 Å². The van der Waals surface area contributed by atoms with Crippen LogP contribution in [-0.4, -0.2) is 52.4 Å². The van der Waals surface area contributed by atoms with Gasteiger partial charge in [0.05, 0.1) is 0 Å². The second kappa shape index (κ2) is 13.0. The van der Waals surface area contributed by atoms with E-state index >= 15 is 0 Å². The van der Waals surface area contributed by atoms with Crippen molar-refractivity contribution in [3.63, 3.8) is 0 Å². The van der Waals surface area contributed by atoms with Crippen molar-refractivity contribution in [3.8, 4) is 0 Å². The number of hydrogen-bond donors (Lipinski definition) is 3. The van der Waals surface area contributed by atoms with Crippen molar-refractivity contribution in [2.45, 2.75) is 0 Å². The quantitative estimate of drug-likeness (QED) is 0.319. The van der Waals surface area contributed by atoms with Gasteiger partial charge in [0, 0.05) is 35.6 Å². The third kappa shape index (κ3) is 127. The van der Waals surface area contributed by atoms with Gasteiger partial charge >= 0.3 is 45.5 Å². The molecule has 0 bridgehead atoms. The van der Waals surface area contributed by atoms with Crippen LogP contribution < -0.4 is 0 Å². The molecule has 0 amide bonds. The molecule has 9 heteroatoms. The van der Waals surface area contributed by atoms with E-state index in [4.69, 9.17) is 19.2 Å². The summed E-state index contributed by atoms with van der Waals surface area (Å²) in [6, 6.07) is 0. The maximum atomic E-state index is 8.88. The summed E-state index contributed by atoms with van der Waals surface area (Å²) in [7, 11) is -4.64. The number of hydrogen-bond acceptors (Lipinski definition) is 1. The van der Waals surface area contributed by atoms with E-state index in [0.29, 0.717) is 0 Å². The van der Waals surface area contributed by atoms with Gasteiger partial charge in [0.2, 0.25) is 0 Å². The van der Waals surface area contributed by atoms with Gasteiger partial charge in [-0.25, -0.2) is 4.57 Å². The molecular formula is H5FeLi2O4PV. The van der Waals surface area contributed by atoms with Gasteiger partial charge in [-0.2, -0.15) is 0 Å². The monoisotopic (exact) mass is 221 g/mol. The summed E-state index contributed by atoms with van der Waals surface area (Å²) >= 11 is 0. The first-order valence-corrected chi connectivity index (χ1v) is 2.35. The Labute approximate surface area is 99.5 Å². The molecule has 9 heavy (non-hydrogen) atoms. The predicted octanol–water partition coefficient (Wildman–Crippen LogP) is -2.23. The second-order valence-corrected chi connectivity index (χ2v) is 1.54. The van der Waals surface area contributed by atoms with Crippen molar-refractivity contribution < 1.29 is 54.9 Å². The molecule has 0 heterocycles. The Balaban J connectivity index is -0.0000000133. The smallest absolute Gasteiger partial charge is 0 e. The van der Waals surface area contributed by atoms with Crippen LogP contribution in [0.15, 0.2) is 0 Å². The van der Waals surface area contributed by atoms with E-state index in [9.17, 15) is 0 Å². The molecule has 0 aromatic carbocycles. The van der Waals surface area contributed by atoms with Gasteiger partial charge in [0.1, 0.15) is 0 Å². The molecule has 0 aliphatic rings. The minimum atomic E-state index is -4.64. The Bertz CT molecular complexity index is 64.7. The number of phosphoric acid groups is 1. The fraction of sp³-hybridized carbons (Fsp3) is 0. The van der Waals surface area contributed by atoms with Crippen LogP contribution in [-0.2, 0) is 40.2 Å². The first kappa shape index (κ1) is 30.1. The molecule has 0 saturated heterocycles. The standard InChI is InChI=1S/Fe.2Li.H3O4P.V.2H/c;;;1-5(2,3)4;;;/h;;;(H3,1,2,3,4);;;. The van der Waals surface area contributed by atoms with Crippen molar-refractivity contribution in [1.82, 2.24) is 0 Å². The SMILES string of the molecule is O=P(O)(O)O.[Fe].[LiH].[LiH].[V]. The van der Waals surface area contributed by atoms with Crippen LogP contribution in [0.5, 0.6) is 0 Å². The van der Waals surface area contributed by atoms with Crippen LogP contribution >= 0.6 is 7.82 Å². The summed E-state index contributed by atoms with van der Waals surface area (Å²) in [6.07, 6.45) is 0. The molecule has 0 atom stereocenters. The van der Waals surface area contributed by atoms with Crippen molar-refractivity contribution in [3.05, 3.63) is 0 Å². The van der Waals surface area contributed by atoms with E-state index in [1.807, 2.05) is 0 Å². The zero-order chi connectivity index (χ0) is 4.50. The first-order valence-electron chi connectivity index (χ1n) is 0.783. The van der Waals surface area contributed by atoms with E-state index in [1.54, 1.807) is 0 Å². The van der Waals surface area contributed by atoms with Crippen LogP contribution in [0.1, 0.15) is 0 Å². The van der Waals surface area contributed by atoms with E-state index in [0.717, 1.165) is 0 Å². The summed E-state index contributed by atoms with van der Waals surface area (Å²) < 4.78 is 8.88. The maximum absolute atomic E-state index is 8.88. The van der Waals surface area contributed by atoms with Crippen LogP contribution in [0, 0.1) is 0 Å². The molecular weight excluding hydrogens is 216 g/mol. The molecule has 0 aliphatic carbocycles. The Hall–Kier alpha value is 2.41. The average Bonchev–Trinajstić information content (AvgIpc) is 0.722. The van der Waals surface area contributed by atoms with Gasteiger partial charge in [0.25, 0.3) is 0 Å². The molecule has 0 fully saturated rings. The van der Waals surface area contributed by atoms with E-state index in [-0.39, 0.29) is 73.3 Å². The van der Waals surface area contributed by atoms with E-state index in [2.05, 4.69) is 0 Å². The summed E-state index contributed by atoms with van der Waals surface area (Å²) in [5.41, 5.74) is 0. The molecule has 49 valence electrons. The van der Waals surface area contributed by atoms with Crippen LogP contribution in [0.25, 0.3) is 0 Å². The molecule has 3 N–H and O–H groups in total. The van der Waals surface area contributed by atoms with E-state index < -0.39 is 7.82 Å². The van der Waals surface area contributed by atoms with Gasteiger partial charge in [-0.1, -0.05) is 0 Å². The molecule has 4 nitrogen and oxygen atoms in total. The number of rotatable bonds is 0. The molecule has 0 aliphatic heterocycles. The minimum Gasteiger partial charge on any atom is 0 e. The van der Waals surface area contributed by atoms with Crippen LogP contribution in [0.2, 0.25) is 0 Å². The fourth-order valence-corrected chi connectivity index (χ4v) is 0. The largest absolute Gasteiger partial charge is 0 e. The topological polar surface area (TPSA) is 77.8 Å². The molecule has 0 aromatic heterocycles. The summed E-state index contributed by atoms with van der Waals surface area (Å²) in [6.45, 7) is 0. The Morgan fingerprint density at radius 1 is 1.00 bits per heavy atom. The Kier molecular flexibility index (Phi) is 43.6. The van der Waals surface area contributed by atoms with Crippen LogP contribution in [0.4, 0.5) is 0 Å².